The Hall–Kier alpha value is -2.41. The van der Waals surface area contributed by atoms with Crippen molar-refractivity contribution >= 4 is 17.9 Å². The molecule has 0 saturated heterocycles. The van der Waals surface area contributed by atoms with E-state index in [1.54, 1.807) is 24.3 Å². The van der Waals surface area contributed by atoms with Crippen LogP contribution in [0, 0.1) is 0 Å². The third-order valence-corrected chi connectivity index (χ3v) is 2.75. The van der Waals surface area contributed by atoms with E-state index in [0.29, 0.717) is 24.1 Å². The molecule has 0 saturated carbocycles. The van der Waals surface area contributed by atoms with Gasteiger partial charge in [-0.15, -0.1) is 5.06 Å². The summed E-state index contributed by atoms with van der Waals surface area (Å²) in [6.45, 7) is 0.464. The maximum absolute atomic E-state index is 11.9. The fourth-order valence-corrected chi connectivity index (χ4v) is 1.78. The molecule has 7 heteroatoms. The second kappa shape index (κ2) is 7.39. The minimum absolute atomic E-state index is 0. The highest BCUT2D eigenvalue weighted by Gasteiger charge is 2.36. The summed E-state index contributed by atoms with van der Waals surface area (Å²) in [5.74, 6) is -0.932. The van der Waals surface area contributed by atoms with Crippen molar-refractivity contribution in [3.8, 4) is 0 Å². The number of methoxy groups -OCH3 is 1. The summed E-state index contributed by atoms with van der Waals surface area (Å²) < 4.78 is 4.40. The summed E-state index contributed by atoms with van der Waals surface area (Å²) >= 11 is 0. The second-order valence-electron chi connectivity index (χ2n) is 4.06. The van der Waals surface area contributed by atoms with Crippen LogP contribution in [0.25, 0.3) is 0 Å². The molecule has 1 aliphatic heterocycles. The quantitative estimate of drug-likeness (QED) is 0.658. The first-order valence-electron chi connectivity index (χ1n) is 6.07. The molecule has 0 aliphatic carbocycles. The Kier molecular flexibility index (Phi) is 5.86. The van der Waals surface area contributed by atoms with Crippen LogP contribution in [0.15, 0.2) is 24.3 Å². The maximum Gasteiger partial charge on any atom is 0.406 e. The van der Waals surface area contributed by atoms with E-state index in [9.17, 15) is 14.4 Å². The van der Waals surface area contributed by atoms with Crippen LogP contribution in [0.4, 0.5) is 4.79 Å². The number of imide groups is 1. The predicted octanol–water partition coefficient (Wildman–Crippen LogP) is 1.60. The van der Waals surface area contributed by atoms with Crippen LogP contribution < -0.4 is 5.32 Å². The minimum Gasteiger partial charge on any atom is -0.453 e. The lowest BCUT2D eigenvalue weighted by Crippen LogP contribution is -2.31. The molecule has 1 N–H and O–H groups in total. The number of hydroxylamine groups is 2. The molecule has 0 unspecified atom stereocenters. The maximum atomic E-state index is 11.9. The average Bonchev–Trinajstić information content (AvgIpc) is 2.71. The van der Waals surface area contributed by atoms with E-state index in [1.165, 1.54) is 7.11 Å². The Morgan fingerprint density at radius 1 is 1.19 bits per heavy atom. The lowest BCUT2D eigenvalue weighted by molar-refractivity contribution is -0.0916. The van der Waals surface area contributed by atoms with Crippen molar-refractivity contribution in [1.82, 2.24) is 10.4 Å². The topological polar surface area (TPSA) is 84.9 Å². The van der Waals surface area contributed by atoms with Crippen LogP contribution in [0.5, 0.6) is 0 Å². The SMILES string of the molecule is C.COC(=O)NCCCON1C(=O)c2ccccc2C1=O. The smallest absolute Gasteiger partial charge is 0.406 e. The molecule has 1 aliphatic rings. The fourth-order valence-electron chi connectivity index (χ4n) is 1.78. The van der Waals surface area contributed by atoms with Gasteiger partial charge < -0.3 is 10.1 Å². The number of carbonyl (C=O) groups is 3. The van der Waals surface area contributed by atoms with Crippen molar-refractivity contribution in [2.75, 3.05) is 20.3 Å². The molecule has 0 radical (unpaired) electrons. The summed E-state index contributed by atoms with van der Waals surface area (Å²) in [7, 11) is 1.27. The molecule has 0 spiro atoms. The molecule has 21 heavy (non-hydrogen) atoms. The van der Waals surface area contributed by atoms with Gasteiger partial charge in [0.25, 0.3) is 11.8 Å². The number of nitrogens with zero attached hydrogens (tertiary/aromatic N) is 1. The molecular formula is C14H18N2O5. The number of rotatable bonds is 5. The molecule has 0 aromatic heterocycles. The molecule has 114 valence electrons. The average molecular weight is 294 g/mol. The Labute approximate surface area is 122 Å². The van der Waals surface area contributed by atoms with Crippen LogP contribution in [0.2, 0.25) is 0 Å². The third-order valence-electron chi connectivity index (χ3n) is 2.75. The largest absolute Gasteiger partial charge is 0.453 e. The molecular weight excluding hydrogens is 276 g/mol. The molecule has 1 aromatic carbocycles. The van der Waals surface area contributed by atoms with Gasteiger partial charge in [-0.2, -0.15) is 0 Å². The Bertz CT molecular complexity index is 509. The summed E-state index contributed by atoms with van der Waals surface area (Å²) in [6.07, 6.45) is -0.0894. The van der Waals surface area contributed by atoms with E-state index < -0.39 is 17.9 Å². The number of hydrogen-bond acceptors (Lipinski definition) is 5. The summed E-state index contributed by atoms with van der Waals surface area (Å²) in [4.78, 5) is 39.8. The predicted molar refractivity (Wildman–Crippen MR) is 74.6 cm³/mol. The van der Waals surface area contributed by atoms with Crippen molar-refractivity contribution in [3.63, 3.8) is 0 Å². The van der Waals surface area contributed by atoms with Crippen LogP contribution >= 0.6 is 0 Å². The van der Waals surface area contributed by atoms with Gasteiger partial charge in [-0.1, -0.05) is 19.6 Å². The summed E-state index contributed by atoms with van der Waals surface area (Å²) in [5.41, 5.74) is 0.676. The van der Waals surface area contributed by atoms with Crippen molar-refractivity contribution in [1.29, 1.82) is 0 Å². The molecule has 0 fully saturated rings. The third kappa shape index (κ3) is 3.57. The molecule has 7 nitrogen and oxygen atoms in total. The molecule has 0 bridgehead atoms. The molecule has 2 rings (SSSR count). The van der Waals surface area contributed by atoms with Crippen molar-refractivity contribution in [2.45, 2.75) is 13.8 Å². The van der Waals surface area contributed by atoms with Gasteiger partial charge in [0.2, 0.25) is 0 Å². The lowest BCUT2D eigenvalue weighted by Gasteiger charge is -2.13. The van der Waals surface area contributed by atoms with E-state index in [1.807, 2.05) is 0 Å². The number of carbonyl (C=O) groups excluding carboxylic acids is 3. The fraction of sp³-hybridized carbons (Fsp3) is 0.357. The van der Waals surface area contributed by atoms with Crippen LogP contribution in [0.3, 0.4) is 0 Å². The number of benzene rings is 1. The van der Waals surface area contributed by atoms with Gasteiger partial charge in [0, 0.05) is 6.54 Å². The molecule has 1 heterocycles. The van der Waals surface area contributed by atoms with E-state index in [4.69, 9.17) is 4.84 Å². The van der Waals surface area contributed by atoms with Gasteiger partial charge in [-0.05, 0) is 18.6 Å². The van der Waals surface area contributed by atoms with E-state index in [0.717, 1.165) is 5.06 Å². The number of nitrogens with one attached hydrogen (secondary N) is 1. The van der Waals surface area contributed by atoms with Gasteiger partial charge in [-0.25, -0.2) is 4.79 Å². The van der Waals surface area contributed by atoms with Gasteiger partial charge in [0.1, 0.15) is 0 Å². The van der Waals surface area contributed by atoms with Crippen molar-refractivity contribution in [3.05, 3.63) is 35.4 Å². The normalized spacial score (nSPS) is 12.7. The second-order valence-corrected chi connectivity index (χ2v) is 4.06. The van der Waals surface area contributed by atoms with E-state index >= 15 is 0 Å². The summed E-state index contributed by atoms with van der Waals surface area (Å²) in [5, 5.41) is 3.22. The highest BCUT2D eigenvalue weighted by Crippen LogP contribution is 2.22. The van der Waals surface area contributed by atoms with E-state index in [2.05, 4.69) is 10.1 Å². The number of fused-ring (bicyclic) bond motifs is 1. The van der Waals surface area contributed by atoms with E-state index in [-0.39, 0.29) is 14.0 Å². The van der Waals surface area contributed by atoms with Crippen LogP contribution in [-0.4, -0.2) is 43.2 Å². The van der Waals surface area contributed by atoms with Gasteiger partial charge in [-0.3, -0.25) is 14.4 Å². The number of hydrogen-bond donors (Lipinski definition) is 1. The standard InChI is InChI=1S/C13H14N2O5.CH4/c1-19-13(18)14-7-4-8-20-15-11(16)9-5-2-3-6-10(9)12(15)17;/h2-3,5-6H,4,7-8H2,1H3,(H,14,18);1H4. The molecule has 3 amide bonds. The Morgan fingerprint density at radius 2 is 1.76 bits per heavy atom. The zero-order chi connectivity index (χ0) is 14.5. The van der Waals surface area contributed by atoms with Crippen LogP contribution in [-0.2, 0) is 9.57 Å². The first-order valence-corrected chi connectivity index (χ1v) is 6.07. The van der Waals surface area contributed by atoms with Gasteiger partial charge in [0.15, 0.2) is 0 Å². The van der Waals surface area contributed by atoms with Crippen LogP contribution in [0.1, 0.15) is 34.6 Å². The Morgan fingerprint density at radius 3 is 2.29 bits per heavy atom. The molecule has 0 atom stereocenters. The number of amides is 3. The zero-order valence-corrected chi connectivity index (χ0v) is 10.9. The van der Waals surface area contributed by atoms with Crippen molar-refractivity contribution in [2.24, 2.45) is 0 Å². The zero-order valence-electron chi connectivity index (χ0n) is 10.9. The van der Waals surface area contributed by atoms with Gasteiger partial charge >= 0.3 is 6.09 Å². The minimum atomic E-state index is -0.536. The van der Waals surface area contributed by atoms with Crippen molar-refractivity contribution < 1.29 is 24.0 Å². The first-order chi connectivity index (χ1) is 9.65. The number of ether oxygens (including phenoxy) is 1. The first kappa shape index (κ1) is 16.6. The Balaban J connectivity index is 0.00000220. The monoisotopic (exact) mass is 294 g/mol. The van der Waals surface area contributed by atoms with Gasteiger partial charge in [0.05, 0.1) is 24.8 Å². The summed E-state index contributed by atoms with van der Waals surface area (Å²) in [6, 6.07) is 6.54. The molecule has 1 aromatic rings. The highest BCUT2D eigenvalue weighted by molar-refractivity contribution is 6.20. The lowest BCUT2D eigenvalue weighted by atomic mass is 10.1. The number of alkyl carbamates (subject to hydrolysis) is 1. The highest BCUT2D eigenvalue weighted by atomic mass is 16.7.